The van der Waals surface area contributed by atoms with Crippen molar-refractivity contribution in [1.29, 1.82) is 0 Å². The molecule has 0 atom stereocenters. The molecule has 0 unspecified atom stereocenters. The Morgan fingerprint density at radius 2 is 1.39 bits per heavy atom. The molecule has 0 saturated heterocycles. The Morgan fingerprint density at radius 3 is 2.03 bits per heavy atom. The third kappa shape index (κ3) is 5.39. The van der Waals surface area contributed by atoms with Crippen LogP contribution in [0.25, 0.3) is 10.8 Å². The molecule has 0 bridgehead atoms. The van der Waals surface area contributed by atoms with Gasteiger partial charge in [-0.15, -0.1) is 0 Å². The maximum Gasteiger partial charge on any atom is 0.263 e. The molecule has 4 rings (SSSR count). The van der Waals surface area contributed by atoms with Gasteiger partial charge in [0.05, 0.1) is 24.6 Å². The molecule has 0 aliphatic heterocycles. The van der Waals surface area contributed by atoms with Crippen molar-refractivity contribution >= 4 is 34.4 Å². The highest BCUT2D eigenvalue weighted by Gasteiger charge is 2.17. The maximum absolute atomic E-state index is 13.5. The minimum Gasteiger partial charge on any atom is -0.494 e. The molecule has 0 aromatic heterocycles. The van der Waals surface area contributed by atoms with Crippen molar-refractivity contribution in [3.8, 4) is 11.5 Å². The minimum atomic E-state index is -0.167. The number of amides is 1. The molecule has 33 heavy (non-hydrogen) atoms. The largest absolute Gasteiger partial charge is 0.494 e. The van der Waals surface area contributed by atoms with Crippen LogP contribution in [0, 0.1) is 0 Å². The van der Waals surface area contributed by atoms with E-state index in [0.717, 1.165) is 28.0 Å². The van der Waals surface area contributed by atoms with Crippen LogP contribution >= 0.6 is 0 Å². The molecule has 0 radical (unpaired) electrons. The van der Waals surface area contributed by atoms with Gasteiger partial charge in [0, 0.05) is 5.56 Å². The van der Waals surface area contributed by atoms with E-state index in [4.69, 9.17) is 9.47 Å². The summed E-state index contributed by atoms with van der Waals surface area (Å²) in [7, 11) is 0. The molecule has 0 spiro atoms. The van der Waals surface area contributed by atoms with Gasteiger partial charge in [0.25, 0.3) is 5.91 Å². The maximum atomic E-state index is 13.5. The standard InChI is InChI=1S/C28H26N2O3/c1-3-32-26-15-11-24(12-16-26)29-20-30(25-13-17-27(18-14-25)33-4-2)28(31)23-10-9-21-7-5-6-8-22(21)19-23/h5-20H,3-4H2,1-2H3. The first-order valence-corrected chi connectivity index (χ1v) is 11.0. The molecule has 1 amide bonds. The van der Waals surface area contributed by atoms with Gasteiger partial charge in [-0.05, 0) is 85.3 Å². The number of nitrogens with zero attached hydrogens (tertiary/aromatic N) is 2. The van der Waals surface area contributed by atoms with Crippen LogP contribution in [0.5, 0.6) is 11.5 Å². The Kier molecular flexibility index (Phi) is 7.00. The van der Waals surface area contributed by atoms with Gasteiger partial charge in [-0.25, -0.2) is 4.99 Å². The topological polar surface area (TPSA) is 51.1 Å². The molecule has 0 saturated carbocycles. The second kappa shape index (κ2) is 10.5. The van der Waals surface area contributed by atoms with E-state index >= 15 is 0 Å². The Bertz CT molecular complexity index is 1250. The van der Waals surface area contributed by atoms with Crippen LogP contribution in [-0.4, -0.2) is 25.5 Å². The molecule has 0 fully saturated rings. The fourth-order valence-electron chi connectivity index (χ4n) is 3.49. The average Bonchev–Trinajstić information content (AvgIpc) is 2.86. The summed E-state index contributed by atoms with van der Waals surface area (Å²) in [6.45, 7) is 5.07. The number of hydrogen-bond acceptors (Lipinski definition) is 4. The second-order valence-corrected chi connectivity index (χ2v) is 7.34. The molecule has 5 nitrogen and oxygen atoms in total. The fraction of sp³-hybridized carbons (Fsp3) is 0.143. The summed E-state index contributed by atoms with van der Waals surface area (Å²) in [5.41, 5.74) is 2.01. The van der Waals surface area contributed by atoms with Crippen molar-refractivity contribution in [2.75, 3.05) is 18.1 Å². The Hall–Kier alpha value is -4.12. The highest BCUT2D eigenvalue weighted by Crippen LogP contribution is 2.24. The van der Waals surface area contributed by atoms with Gasteiger partial charge in [-0.1, -0.05) is 30.3 Å². The lowest BCUT2D eigenvalue weighted by atomic mass is 10.1. The molecule has 0 heterocycles. The van der Waals surface area contributed by atoms with Gasteiger partial charge in [0.1, 0.15) is 17.8 Å². The Morgan fingerprint density at radius 1 is 0.788 bits per heavy atom. The van der Waals surface area contributed by atoms with E-state index in [1.807, 2.05) is 105 Å². The highest BCUT2D eigenvalue weighted by atomic mass is 16.5. The number of carbonyl (C=O) groups is 1. The van der Waals surface area contributed by atoms with Crippen LogP contribution in [-0.2, 0) is 0 Å². The van der Waals surface area contributed by atoms with Gasteiger partial charge in [0.2, 0.25) is 0 Å². The molecule has 166 valence electrons. The number of benzene rings is 4. The molecule has 5 heteroatoms. The van der Waals surface area contributed by atoms with E-state index in [-0.39, 0.29) is 5.91 Å². The SMILES string of the molecule is CCOc1ccc(N=CN(C(=O)c2ccc3ccccc3c2)c2ccc(OCC)cc2)cc1. The molecular formula is C28H26N2O3. The van der Waals surface area contributed by atoms with E-state index < -0.39 is 0 Å². The molecule has 4 aromatic carbocycles. The van der Waals surface area contributed by atoms with Crippen molar-refractivity contribution in [3.63, 3.8) is 0 Å². The molecule has 0 aliphatic rings. The summed E-state index contributed by atoms with van der Waals surface area (Å²) in [6, 6.07) is 28.6. The third-order valence-corrected chi connectivity index (χ3v) is 5.11. The first-order chi connectivity index (χ1) is 16.2. The van der Waals surface area contributed by atoms with Crippen LogP contribution in [0.1, 0.15) is 24.2 Å². The van der Waals surface area contributed by atoms with Crippen molar-refractivity contribution in [1.82, 2.24) is 0 Å². The second-order valence-electron chi connectivity index (χ2n) is 7.34. The van der Waals surface area contributed by atoms with Gasteiger partial charge >= 0.3 is 0 Å². The van der Waals surface area contributed by atoms with Gasteiger partial charge < -0.3 is 9.47 Å². The van der Waals surface area contributed by atoms with Crippen molar-refractivity contribution < 1.29 is 14.3 Å². The Balaban J connectivity index is 1.67. The number of fused-ring (bicyclic) bond motifs is 1. The quantitative estimate of drug-likeness (QED) is 0.229. The zero-order valence-electron chi connectivity index (χ0n) is 18.8. The fourth-order valence-corrected chi connectivity index (χ4v) is 3.49. The van der Waals surface area contributed by atoms with Crippen LogP contribution in [0.15, 0.2) is 96.0 Å². The number of rotatable bonds is 8. The van der Waals surface area contributed by atoms with Crippen molar-refractivity contribution in [2.45, 2.75) is 13.8 Å². The zero-order valence-corrected chi connectivity index (χ0v) is 18.8. The van der Waals surface area contributed by atoms with E-state index in [2.05, 4.69) is 4.99 Å². The van der Waals surface area contributed by atoms with Gasteiger partial charge in [-0.3, -0.25) is 9.69 Å². The predicted octanol–water partition coefficient (Wildman–Crippen LogP) is 6.64. The zero-order chi connectivity index (χ0) is 23.0. The van der Waals surface area contributed by atoms with Crippen molar-refractivity contribution in [2.24, 2.45) is 4.99 Å². The highest BCUT2D eigenvalue weighted by molar-refractivity contribution is 6.17. The smallest absolute Gasteiger partial charge is 0.263 e. The third-order valence-electron chi connectivity index (χ3n) is 5.11. The molecular weight excluding hydrogens is 412 g/mol. The lowest BCUT2D eigenvalue weighted by molar-refractivity contribution is 0.100. The summed E-state index contributed by atoms with van der Waals surface area (Å²) in [6.07, 6.45) is 1.56. The first-order valence-electron chi connectivity index (χ1n) is 11.0. The van der Waals surface area contributed by atoms with Gasteiger partial charge in [-0.2, -0.15) is 0 Å². The summed E-state index contributed by atoms with van der Waals surface area (Å²) in [5, 5.41) is 2.10. The predicted molar refractivity (Wildman–Crippen MR) is 134 cm³/mol. The Labute approximate surface area is 193 Å². The van der Waals surface area contributed by atoms with E-state index in [0.29, 0.717) is 24.5 Å². The summed E-state index contributed by atoms with van der Waals surface area (Å²) >= 11 is 0. The van der Waals surface area contributed by atoms with E-state index in [1.54, 1.807) is 11.2 Å². The van der Waals surface area contributed by atoms with E-state index in [1.165, 1.54) is 0 Å². The summed E-state index contributed by atoms with van der Waals surface area (Å²) in [4.78, 5) is 19.6. The average molecular weight is 439 g/mol. The van der Waals surface area contributed by atoms with Gasteiger partial charge in [0.15, 0.2) is 0 Å². The van der Waals surface area contributed by atoms with Crippen LogP contribution in [0.3, 0.4) is 0 Å². The monoisotopic (exact) mass is 438 g/mol. The lowest BCUT2D eigenvalue weighted by Crippen LogP contribution is -2.29. The number of ether oxygens (including phenoxy) is 2. The molecule has 0 aliphatic carbocycles. The summed E-state index contributed by atoms with van der Waals surface area (Å²) < 4.78 is 11.0. The number of hydrogen-bond donors (Lipinski definition) is 0. The van der Waals surface area contributed by atoms with Crippen LogP contribution in [0.2, 0.25) is 0 Å². The number of aliphatic imine (C=N–C) groups is 1. The van der Waals surface area contributed by atoms with Crippen molar-refractivity contribution in [3.05, 3.63) is 96.6 Å². The molecule has 4 aromatic rings. The van der Waals surface area contributed by atoms with Crippen LogP contribution < -0.4 is 14.4 Å². The number of anilines is 1. The lowest BCUT2D eigenvalue weighted by Gasteiger charge is -2.19. The van der Waals surface area contributed by atoms with E-state index in [9.17, 15) is 4.79 Å². The number of carbonyl (C=O) groups excluding carboxylic acids is 1. The summed E-state index contributed by atoms with van der Waals surface area (Å²) in [5.74, 6) is 1.37. The minimum absolute atomic E-state index is 0.167. The normalized spacial score (nSPS) is 11.0. The van der Waals surface area contributed by atoms with Crippen LogP contribution in [0.4, 0.5) is 11.4 Å². The molecule has 0 N–H and O–H groups in total. The first kappa shape index (κ1) is 22.1.